The van der Waals surface area contributed by atoms with Gasteiger partial charge in [-0.05, 0) is 58.5 Å². The first-order valence-corrected chi connectivity index (χ1v) is 6.54. The van der Waals surface area contributed by atoms with Gasteiger partial charge >= 0.3 is 6.09 Å². The maximum atomic E-state index is 11.6. The van der Waals surface area contributed by atoms with Crippen LogP contribution in [0.2, 0.25) is 0 Å². The third-order valence-corrected chi connectivity index (χ3v) is 3.42. The number of carbonyl (C=O) groups excluding carboxylic acids is 1. The maximum absolute atomic E-state index is 11.6. The first kappa shape index (κ1) is 14.3. The van der Waals surface area contributed by atoms with E-state index >= 15 is 0 Å². The van der Waals surface area contributed by atoms with E-state index in [0.717, 1.165) is 38.9 Å². The van der Waals surface area contributed by atoms with Crippen molar-refractivity contribution in [3.63, 3.8) is 0 Å². The summed E-state index contributed by atoms with van der Waals surface area (Å²) < 4.78 is 5.25. The van der Waals surface area contributed by atoms with Crippen molar-refractivity contribution in [2.24, 2.45) is 5.41 Å². The molecule has 17 heavy (non-hydrogen) atoms. The zero-order valence-electron chi connectivity index (χ0n) is 11.6. The molecular weight excluding hydrogens is 216 g/mol. The van der Waals surface area contributed by atoms with Gasteiger partial charge in [0.15, 0.2) is 0 Å². The Labute approximate surface area is 104 Å². The second kappa shape index (κ2) is 5.71. The first-order chi connectivity index (χ1) is 7.87. The highest BCUT2D eigenvalue weighted by Gasteiger charge is 2.31. The summed E-state index contributed by atoms with van der Waals surface area (Å²) in [6.07, 6.45) is 3.05. The quantitative estimate of drug-likeness (QED) is 0.798. The Balaban J connectivity index is 2.39. The molecule has 0 bridgehead atoms. The van der Waals surface area contributed by atoms with E-state index in [-0.39, 0.29) is 11.5 Å². The van der Waals surface area contributed by atoms with Gasteiger partial charge in [-0.3, -0.25) is 0 Å². The smallest absolute Gasteiger partial charge is 0.407 e. The number of carbonyl (C=O) groups is 1. The Kier molecular flexibility index (Phi) is 4.80. The summed E-state index contributed by atoms with van der Waals surface area (Å²) in [5.41, 5.74) is -0.167. The molecule has 0 unspecified atom stereocenters. The molecule has 0 saturated carbocycles. The van der Waals surface area contributed by atoms with E-state index in [2.05, 4.69) is 17.6 Å². The zero-order valence-corrected chi connectivity index (χ0v) is 11.6. The molecule has 0 atom stereocenters. The Morgan fingerprint density at radius 3 is 2.41 bits per heavy atom. The van der Waals surface area contributed by atoms with Crippen molar-refractivity contribution in [2.75, 3.05) is 19.6 Å². The normalized spacial score (nSPS) is 19.8. The van der Waals surface area contributed by atoms with E-state index in [0.29, 0.717) is 0 Å². The molecule has 1 rings (SSSR count). The second-order valence-corrected chi connectivity index (χ2v) is 5.96. The van der Waals surface area contributed by atoms with Crippen LogP contribution in [-0.4, -0.2) is 31.3 Å². The van der Waals surface area contributed by atoms with Crippen LogP contribution in [0.1, 0.15) is 47.0 Å². The standard InChI is InChI=1S/C13H26N2O2/c1-5-13(6-8-14-9-7-13)10-15-11(16)17-12(2,3)4/h14H,5-10H2,1-4H3,(H,15,16). The fourth-order valence-corrected chi connectivity index (χ4v) is 2.19. The van der Waals surface area contributed by atoms with Gasteiger partial charge < -0.3 is 15.4 Å². The molecule has 4 nitrogen and oxygen atoms in total. The minimum Gasteiger partial charge on any atom is -0.444 e. The highest BCUT2D eigenvalue weighted by atomic mass is 16.6. The Morgan fingerprint density at radius 1 is 1.35 bits per heavy atom. The number of hydrogen-bond donors (Lipinski definition) is 2. The van der Waals surface area contributed by atoms with E-state index in [4.69, 9.17) is 4.74 Å². The lowest BCUT2D eigenvalue weighted by molar-refractivity contribution is 0.0483. The van der Waals surface area contributed by atoms with E-state index in [1.165, 1.54) is 0 Å². The lowest BCUT2D eigenvalue weighted by Gasteiger charge is -2.37. The first-order valence-electron chi connectivity index (χ1n) is 6.54. The van der Waals surface area contributed by atoms with Crippen molar-refractivity contribution in [3.05, 3.63) is 0 Å². The van der Waals surface area contributed by atoms with Gasteiger partial charge in [-0.2, -0.15) is 0 Å². The molecule has 1 amide bonds. The van der Waals surface area contributed by atoms with Crippen LogP contribution in [0.15, 0.2) is 0 Å². The van der Waals surface area contributed by atoms with Crippen LogP contribution in [0.4, 0.5) is 4.79 Å². The number of piperidine rings is 1. The number of ether oxygens (including phenoxy) is 1. The van der Waals surface area contributed by atoms with Gasteiger partial charge in [0, 0.05) is 6.54 Å². The summed E-state index contributed by atoms with van der Waals surface area (Å²) in [5, 5.41) is 6.27. The molecule has 0 radical (unpaired) electrons. The molecule has 1 fully saturated rings. The van der Waals surface area contributed by atoms with Crippen molar-refractivity contribution >= 4 is 6.09 Å². The lowest BCUT2D eigenvalue weighted by Crippen LogP contribution is -2.45. The third kappa shape index (κ3) is 4.94. The van der Waals surface area contributed by atoms with Gasteiger partial charge in [0.05, 0.1) is 0 Å². The predicted molar refractivity (Wildman–Crippen MR) is 69.1 cm³/mol. The summed E-state index contributed by atoms with van der Waals surface area (Å²) in [6.45, 7) is 10.7. The second-order valence-electron chi connectivity index (χ2n) is 5.96. The van der Waals surface area contributed by atoms with Crippen LogP contribution in [-0.2, 0) is 4.74 Å². The fraction of sp³-hybridized carbons (Fsp3) is 0.923. The van der Waals surface area contributed by atoms with Crippen molar-refractivity contribution < 1.29 is 9.53 Å². The summed E-state index contributed by atoms with van der Waals surface area (Å²) >= 11 is 0. The summed E-state index contributed by atoms with van der Waals surface area (Å²) in [4.78, 5) is 11.6. The summed E-state index contributed by atoms with van der Waals surface area (Å²) in [5.74, 6) is 0. The van der Waals surface area contributed by atoms with Crippen molar-refractivity contribution in [1.82, 2.24) is 10.6 Å². The molecule has 100 valence electrons. The van der Waals surface area contributed by atoms with Gasteiger partial charge in [-0.15, -0.1) is 0 Å². The number of nitrogens with one attached hydrogen (secondary N) is 2. The van der Waals surface area contributed by atoms with Crippen molar-refractivity contribution in [1.29, 1.82) is 0 Å². The SMILES string of the molecule is CCC1(CNC(=O)OC(C)(C)C)CCNCC1. The maximum Gasteiger partial charge on any atom is 0.407 e. The molecule has 1 aliphatic heterocycles. The van der Waals surface area contributed by atoms with E-state index in [9.17, 15) is 4.79 Å². The largest absolute Gasteiger partial charge is 0.444 e. The van der Waals surface area contributed by atoms with Crippen LogP contribution in [0.25, 0.3) is 0 Å². The van der Waals surface area contributed by atoms with Crippen LogP contribution in [0.5, 0.6) is 0 Å². The van der Waals surface area contributed by atoms with E-state index in [1.54, 1.807) is 0 Å². The molecule has 0 aromatic carbocycles. The molecule has 1 saturated heterocycles. The van der Waals surface area contributed by atoms with Crippen LogP contribution in [0.3, 0.4) is 0 Å². The van der Waals surface area contributed by atoms with Crippen LogP contribution in [0, 0.1) is 5.41 Å². The van der Waals surface area contributed by atoms with Gasteiger partial charge in [-0.1, -0.05) is 6.92 Å². The fourth-order valence-electron chi connectivity index (χ4n) is 2.19. The van der Waals surface area contributed by atoms with Crippen molar-refractivity contribution in [3.8, 4) is 0 Å². The number of rotatable bonds is 3. The molecule has 0 aromatic heterocycles. The molecule has 4 heteroatoms. The molecular formula is C13H26N2O2. The number of alkyl carbamates (subject to hydrolysis) is 1. The average Bonchev–Trinajstić information content (AvgIpc) is 2.25. The highest BCUT2D eigenvalue weighted by Crippen LogP contribution is 2.31. The van der Waals surface area contributed by atoms with Gasteiger partial charge in [-0.25, -0.2) is 4.79 Å². The molecule has 0 aliphatic carbocycles. The molecule has 1 heterocycles. The van der Waals surface area contributed by atoms with Gasteiger partial charge in [0.25, 0.3) is 0 Å². The highest BCUT2D eigenvalue weighted by molar-refractivity contribution is 5.67. The van der Waals surface area contributed by atoms with Crippen LogP contribution >= 0.6 is 0 Å². The molecule has 0 spiro atoms. The lowest BCUT2D eigenvalue weighted by atomic mass is 9.76. The predicted octanol–water partition coefficient (Wildman–Crippen LogP) is 2.29. The average molecular weight is 242 g/mol. The van der Waals surface area contributed by atoms with Gasteiger partial charge in [0.2, 0.25) is 0 Å². The Bertz CT molecular complexity index is 253. The minimum atomic E-state index is -0.419. The van der Waals surface area contributed by atoms with E-state index < -0.39 is 5.60 Å². The zero-order chi connectivity index (χ0) is 12.9. The van der Waals surface area contributed by atoms with E-state index in [1.807, 2.05) is 20.8 Å². The monoisotopic (exact) mass is 242 g/mol. The molecule has 2 N–H and O–H groups in total. The third-order valence-electron chi connectivity index (χ3n) is 3.42. The molecule has 1 aliphatic rings. The van der Waals surface area contributed by atoms with Crippen molar-refractivity contribution in [2.45, 2.75) is 52.6 Å². The number of hydrogen-bond acceptors (Lipinski definition) is 3. The number of amides is 1. The summed E-state index contributed by atoms with van der Waals surface area (Å²) in [7, 11) is 0. The minimum absolute atomic E-state index is 0.252. The van der Waals surface area contributed by atoms with Crippen LogP contribution < -0.4 is 10.6 Å². The van der Waals surface area contributed by atoms with Gasteiger partial charge in [0.1, 0.15) is 5.60 Å². The Morgan fingerprint density at radius 2 is 1.94 bits per heavy atom. The Hall–Kier alpha value is -0.770. The molecule has 0 aromatic rings. The summed E-state index contributed by atoms with van der Waals surface area (Å²) in [6, 6.07) is 0. The topological polar surface area (TPSA) is 50.4 Å².